The van der Waals surface area contributed by atoms with Gasteiger partial charge < -0.3 is 9.84 Å². The summed E-state index contributed by atoms with van der Waals surface area (Å²) in [6.07, 6.45) is 0.904. The third kappa shape index (κ3) is 2.97. The molecule has 1 unspecified atom stereocenters. The highest BCUT2D eigenvalue weighted by molar-refractivity contribution is 6.30. The molecule has 94 valence electrons. The molecule has 0 bridgehead atoms. The molecule has 2 rings (SSSR count). The van der Waals surface area contributed by atoms with Crippen LogP contribution in [0.1, 0.15) is 18.6 Å². The van der Waals surface area contributed by atoms with Crippen LogP contribution in [0.15, 0.2) is 36.5 Å². The summed E-state index contributed by atoms with van der Waals surface area (Å²) in [5.41, 5.74) is 0.675. The molecule has 3 nitrogen and oxygen atoms in total. The molecule has 1 atom stereocenters. The predicted molar refractivity (Wildman–Crippen MR) is 66.4 cm³/mol. The zero-order valence-corrected chi connectivity index (χ0v) is 10.4. The highest BCUT2D eigenvalue weighted by Crippen LogP contribution is 2.25. The van der Waals surface area contributed by atoms with Crippen molar-refractivity contribution < 1.29 is 14.2 Å². The molecule has 0 spiro atoms. The van der Waals surface area contributed by atoms with E-state index < -0.39 is 11.9 Å². The van der Waals surface area contributed by atoms with Gasteiger partial charge in [0.2, 0.25) is 5.88 Å². The molecule has 0 fully saturated rings. The van der Waals surface area contributed by atoms with Gasteiger partial charge in [0.1, 0.15) is 11.6 Å². The fourth-order valence-corrected chi connectivity index (χ4v) is 1.52. The van der Waals surface area contributed by atoms with Gasteiger partial charge in [-0.2, -0.15) is 0 Å². The van der Waals surface area contributed by atoms with Crippen LogP contribution in [0, 0.1) is 5.82 Å². The monoisotopic (exact) mass is 267 g/mol. The van der Waals surface area contributed by atoms with Gasteiger partial charge in [0.15, 0.2) is 0 Å². The first-order chi connectivity index (χ1) is 8.56. The number of halogens is 2. The van der Waals surface area contributed by atoms with Crippen molar-refractivity contribution in [3.63, 3.8) is 0 Å². The lowest BCUT2D eigenvalue weighted by molar-refractivity contribution is 0.198. The molecule has 1 heterocycles. The van der Waals surface area contributed by atoms with Crippen LogP contribution < -0.4 is 4.74 Å². The lowest BCUT2D eigenvalue weighted by Crippen LogP contribution is -1.94. The van der Waals surface area contributed by atoms with E-state index in [9.17, 15) is 9.50 Å². The second-order valence-corrected chi connectivity index (χ2v) is 4.19. The van der Waals surface area contributed by atoms with E-state index in [1.807, 2.05) is 0 Å². The Bertz CT molecular complexity index is 560. The number of hydrogen-bond acceptors (Lipinski definition) is 3. The minimum absolute atomic E-state index is 0.0352. The maximum absolute atomic E-state index is 13.2. The summed E-state index contributed by atoms with van der Waals surface area (Å²) < 4.78 is 18.6. The van der Waals surface area contributed by atoms with Crippen LogP contribution in [0.3, 0.4) is 0 Å². The number of aliphatic hydroxyl groups excluding tert-OH is 1. The number of pyridine rings is 1. The number of hydrogen-bond donors (Lipinski definition) is 1. The van der Waals surface area contributed by atoms with Crippen molar-refractivity contribution in [2.45, 2.75) is 13.0 Å². The fraction of sp³-hybridized carbons (Fsp3) is 0.154. The Hall–Kier alpha value is -1.65. The van der Waals surface area contributed by atoms with E-state index in [0.717, 1.165) is 0 Å². The summed E-state index contributed by atoms with van der Waals surface area (Å²) in [5.74, 6) is 0.0307. The fourth-order valence-electron chi connectivity index (χ4n) is 1.40. The van der Waals surface area contributed by atoms with Gasteiger partial charge in [0.05, 0.1) is 11.1 Å². The van der Waals surface area contributed by atoms with E-state index >= 15 is 0 Å². The quantitative estimate of drug-likeness (QED) is 0.922. The lowest BCUT2D eigenvalue weighted by atomic mass is 10.2. The van der Waals surface area contributed by atoms with Gasteiger partial charge in [0, 0.05) is 18.3 Å². The summed E-state index contributed by atoms with van der Waals surface area (Å²) >= 11 is 5.57. The van der Waals surface area contributed by atoms with Crippen molar-refractivity contribution in [1.29, 1.82) is 0 Å². The molecule has 0 saturated heterocycles. The number of ether oxygens (including phenoxy) is 1. The van der Waals surface area contributed by atoms with Crippen LogP contribution in [-0.2, 0) is 0 Å². The Kier molecular flexibility index (Phi) is 3.79. The second-order valence-electron chi connectivity index (χ2n) is 3.78. The van der Waals surface area contributed by atoms with Crippen molar-refractivity contribution in [2.24, 2.45) is 0 Å². The highest BCUT2D eigenvalue weighted by atomic mass is 35.5. The molecule has 0 amide bonds. The number of aliphatic hydroxyl groups is 1. The number of nitrogens with zero attached hydrogens (tertiary/aromatic N) is 1. The summed E-state index contributed by atoms with van der Waals surface area (Å²) in [7, 11) is 0. The highest BCUT2D eigenvalue weighted by Gasteiger charge is 2.06. The Morgan fingerprint density at radius 1 is 1.33 bits per heavy atom. The molecule has 0 aliphatic heterocycles. The largest absolute Gasteiger partial charge is 0.439 e. The predicted octanol–water partition coefficient (Wildman–Crippen LogP) is 3.72. The van der Waals surface area contributed by atoms with Crippen LogP contribution in [0.25, 0.3) is 0 Å². The first-order valence-electron chi connectivity index (χ1n) is 5.33. The minimum atomic E-state index is -0.614. The van der Waals surface area contributed by atoms with Crippen LogP contribution in [0.2, 0.25) is 5.02 Å². The van der Waals surface area contributed by atoms with Crippen LogP contribution in [-0.4, -0.2) is 10.1 Å². The molecular formula is C13H11ClFNO2. The van der Waals surface area contributed by atoms with Crippen molar-refractivity contribution in [1.82, 2.24) is 4.98 Å². The third-order valence-electron chi connectivity index (χ3n) is 2.35. The molecule has 0 aliphatic carbocycles. The summed E-state index contributed by atoms with van der Waals surface area (Å²) in [5, 5.41) is 9.47. The van der Waals surface area contributed by atoms with Gasteiger partial charge in [-0.1, -0.05) is 11.6 Å². The van der Waals surface area contributed by atoms with E-state index in [-0.39, 0.29) is 10.9 Å². The number of aromatic nitrogens is 1. The average molecular weight is 268 g/mol. The minimum Gasteiger partial charge on any atom is -0.439 e. The Morgan fingerprint density at radius 3 is 2.78 bits per heavy atom. The van der Waals surface area contributed by atoms with Gasteiger partial charge in [0.25, 0.3) is 0 Å². The standard InChI is InChI=1S/C13H11ClFNO2/c1-8(17)9-4-5-16-13(6-9)18-10-2-3-11(14)12(15)7-10/h2-8,17H,1H3. The third-order valence-corrected chi connectivity index (χ3v) is 2.66. The average Bonchev–Trinajstić information content (AvgIpc) is 2.34. The second kappa shape index (κ2) is 5.33. The van der Waals surface area contributed by atoms with Crippen LogP contribution in [0.5, 0.6) is 11.6 Å². The lowest BCUT2D eigenvalue weighted by Gasteiger charge is -2.08. The molecular weight excluding hydrogens is 257 g/mol. The molecule has 0 aliphatic rings. The normalized spacial score (nSPS) is 12.2. The summed E-state index contributed by atoms with van der Waals surface area (Å²) in [4.78, 5) is 3.98. The van der Waals surface area contributed by atoms with Gasteiger partial charge in [-0.05, 0) is 30.7 Å². The van der Waals surface area contributed by atoms with Gasteiger partial charge in [-0.15, -0.1) is 0 Å². The molecule has 5 heteroatoms. The molecule has 1 aromatic heterocycles. The van der Waals surface area contributed by atoms with Gasteiger partial charge in [-0.3, -0.25) is 0 Å². The Labute approximate surface area is 109 Å². The topological polar surface area (TPSA) is 42.4 Å². The summed E-state index contributed by atoms with van der Waals surface area (Å²) in [6.45, 7) is 1.64. The van der Waals surface area contributed by atoms with E-state index in [1.54, 1.807) is 25.1 Å². The molecule has 18 heavy (non-hydrogen) atoms. The van der Waals surface area contributed by atoms with E-state index in [4.69, 9.17) is 16.3 Å². The molecule has 0 saturated carbocycles. The van der Waals surface area contributed by atoms with Crippen molar-refractivity contribution >= 4 is 11.6 Å². The number of benzene rings is 1. The molecule has 2 aromatic rings. The van der Waals surface area contributed by atoms with Crippen molar-refractivity contribution in [3.05, 3.63) is 52.9 Å². The van der Waals surface area contributed by atoms with Crippen molar-refractivity contribution in [3.8, 4) is 11.6 Å². The van der Waals surface area contributed by atoms with E-state index in [2.05, 4.69) is 4.98 Å². The molecule has 1 N–H and O–H groups in total. The zero-order chi connectivity index (χ0) is 13.1. The van der Waals surface area contributed by atoms with Gasteiger partial charge in [-0.25, -0.2) is 9.37 Å². The molecule has 0 radical (unpaired) electrons. The molecule has 1 aromatic carbocycles. The Balaban J connectivity index is 2.23. The maximum Gasteiger partial charge on any atom is 0.219 e. The first-order valence-corrected chi connectivity index (χ1v) is 5.71. The van der Waals surface area contributed by atoms with E-state index in [1.165, 1.54) is 18.3 Å². The van der Waals surface area contributed by atoms with E-state index in [0.29, 0.717) is 11.3 Å². The van der Waals surface area contributed by atoms with Gasteiger partial charge >= 0.3 is 0 Å². The zero-order valence-electron chi connectivity index (χ0n) is 9.60. The SMILES string of the molecule is CC(O)c1ccnc(Oc2ccc(Cl)c(F)c2)c1. The van der Waals surface area contributed by atoms with Crippen LogP contribution in [0.4, 0.5) is 4.39 Å². The summed E-state index contributed by atoms with van der Waals surface area (Å²) in [6, 6.07) is 7.41. The maximum atomic E-state index is 13.2. The van der Waals surface area contributed by atoms with Crippen LogP contribution >= 0.6 is 11.6 Å². The first kappa shape index (κ1) is 12.8. The van der Waals surface area contributed by atoms with Crippen molar-refractivity contribution in [2.75, 3.05) is 0 Å². The Morgan fingerprint density at radius 2 is 2.11 bits per heavy atom. The smallest absolute Gasteiger partial charge is 0.219 e. The number of rotatable bonds is 3.